The lowest BCUT2D eigenvalue weighted by atomic mass is 9.96. The summed E-state index contributed by atoms with van der Waals surface area (Å²) in [5, 5.41) is 5.97. The highest BCUT2D eigenvalue weighted by molar-refractivity contribution is 5.93. The number of nitrogens with one attached hydrogen (secondary N) is 2. The maximum atomic E-state index is 12.2. The fraction of sp³-hybridized carbons (Fsp3) is 0.556. The number of methoxy groups -OCH3 is 1. The Kier molecular flexibility index (Phi) is 5.35. The van der Waals surface area contributed by atoms with Gasteiger partial charge in [-0.2, -0.15) is 0 Å². The molecule has 1 aliphatic carbocycles. The molecule has 6 heteroatoms. The molecule has 1 heterocycles. The smallest absolute Gasteiger partial charge is 0.238 e. The standard InChI is InChI=1S/C18H25N3O3/c1-24-16-5-3-2-4-15(16)20-17(22)12-21-10-8-13(9-11-21)18(23)19-14-6-7-14/h2-5,13-14H,6-12H2,1H3,(H,19,23)(H,20,22). The van der Waals surface area contributed by atoms with Gasteiger partial charge in [0.05, 0.1) is 19.3 Å². The number of anilines is 1. The molecule has 24 heavy (non-hydrogen) atoms. The summed E-state index contributed by atoms with van der Waals surface area (Å²) in [6.45, 7) is 1.90. The first-order valence-electron chi connectivity index (χ1n) is 8.61. The molecule has 0 bridgehead atoms. The number of hydrogen-bond donors (Lipinski definition) is 2. The largest absolute Gasteiger partial charge is 0.495 e. The summed E-state index contributed by atoms with van der Waals surface area (Å²) in [5.41, 5.74) is 0.684. The van der Waals surface area contributed by atoms with Gasteiger partial charge < -0.3 is 15.4 Å². The van der Waals surface area contributed by atoms with Crippen LogP contribution in [-0.2, 0) is 9.59 Å². The fourth-order valence-electron chi connectivity index (χ4n) is 3.04. The second-order valence-corrected chi connectivity index (χ2v) is 6.58. The van der Waals surface area contributed by atoms with Crippen molar-refractivity contribution in [2.24, 2.45) is 5.92 Å². The first-order valence-corrected chi connectivity index (χ1v) is 8.61. The van der Waals surface area contributed by atoms with E-state index < -0.39 is 0 Å². The van der Waals surface area contributed by atoms with Gasteiger partial charge in [-0.05, 0) is 50.9 Å². The van der Waals surface area contributed by atoms with Gasteiger partial charge in [-0.3, -0.25) is 14.5 Å². The Morgan fingerprint density at radius 1 is 1.17 bits per heavy atom. The van der Waals surface area contributed by atoms with Crippen molar-refractivity contribution in [1.29, 1.82) is 0 Å². The van der Waals surface area contributed by atoms with Crippen molar-refractivity contribution < 1.29 is 14.3 Å². The van der Waals surface area contributed by atoms with Gasteiger partial charge in [0.15, 0.2) is 0 Å². The highest BCUT2D eigenvalue weighted by Gasteiger charge is 2.30. The lowest BCUT2D eigenvalue weighted by Gasteiger charge is -2.30. The van der Waals surface area contributed by atoms with E-state index in [0.717, 1.165) is 38.8 Å². The molecule has 2 amide bonds. The van der Waals surface area contributed by atoms with Crippen LogP contribution in [0.3, 0.4) is 0 Å². The number of benzene rings is 1. The zero-order valence-electron chi connectivity index (χ0n) is 14.1. The van der Waals surface area contributed by atoms with Crippen LogP contribution in [0.25, 0.3) is 0 Å². The molecule has 1 aromatic carbocycles. The van der Waals surface area contributed by atoms with Crippen LogP contribution < -0.4 is 15.4 Å². The Hall–Kier alpha value is -2.08. The number of likely N-dealkylation sites (tertiary alicyclic amines) is 1. The topological polar surface area (TPSA) is 70.7 Å². The maximum absolute atomic E-state index is 12.2. The summed E-state index contributed by atoms with van der Waals surface area (Å²) in [5.74, 6) is 0.886. The van der Waals surface area contributed by atoms with Crippen molar-refractivity contribution >= 4 is 17.5 Å². The molecule has 130 valence electrons. The van der Waals surface area contributed by atoms with Crippen molar-refractivity contribution in [3.63, 3.8) is 0 Å². The van der Waals surface area contributed by atoms with E-state index in [9.17, 15) is 9.59 Å². The van der Waals surface area contributed by atoms with Crippen LogP contribution in [0.4, 0.5) is 5.69 Å². The second-order valence-electron chi connectivity index (χ2n) is 6.58. The third-order valence-electron chi connectivity index (χ3n) is 4.63. The van der Waals surface area contributed by atoms with Crippen LogP contribution in [0.2, 0.25) is 0 Å². The average molecular weight is 331 g/mol. The van der Waals surface area contributed by atoms with Gasteiger partial charge in [0, 0.05) is 12.0 Å². The molecule has 1 saturated carbocycles. The van der Waals surface area contributed by atoms with E-state index in [-0.39, 0.29) is 17.7 Å². The highest BCUT2D eigenvalue weighted by atomic mass is 16.5. The lowest BCUT2D eigenvalue weighted by Crippen LogP contribution is -2.43. The molecule has 0 aromatic heterocycles. The number of para-hydroxylation sites is 2. The van der Waals surface area contributed by atoms with E-state index in [1.165, 1.54) is 0 Å². The number of nitrogens with zero attached hydrogens (tertiary/aromatic N) is 1. The summed E-state index contributed by atoms with van der Waals surface area (Å²) in [6.07, 6.45) is 3.88. The summed E-state index contributed by atoms with van der Waals surface area (Å²) in [6, 6.07) is 7.79. The predicted octanol–water partition coefficient (Wildman–Crippen LogP) is 1.62. The Morgan fingerprint density at radius 3 is 2.54 bits per heavy atom. The van der Waals surface area contributed by atoms with E-state index in [2.05, 4.69) is 15.5 Å². The maximum Gasteiger partial charge on any atom is 0.238 e. The summed E-state index contributed by atoms with van der Waals surface area (Å²) in [7, 11) is 1.59. The highest BCUT2D eigenvalue weighted by Crippen LogP contribution is 2.24. The number of amides is 2. The van der Waals surface area contributed by atoms with E-state index in [4.69, 9.17) is 4.74 Å². The minimum atomic E-state index is -0.0552. The third-order valence-corrected chi connectivity index (χ3v) is 4.63. The molecule has 1 aliphatic heterocycles. The molecule has 0 spiro atoms. The Balaban J connectivity index is 1.43. The first kappa shape index (κ1) is 16.8. The number of carbonyl (C=O) groups is 2. The fourth-order valence-corrected chi connectivity index (χ4v) is 3.04. The van der Waals surface area contributed by atoms with Gasteiger partial charge in [-0.1, -0.05) is 12.1 Å². The zero-order valence-corrected chi connectivity index (χ0v) is 14.1. The molecule has 0 unspecified atom stereocenters. The van der Waals surface area contributed by atoms with Crippen LogP contribution >= 0.6 is 0 Å². The molecule has 3 rings (SSSR count). The Labute approximate surface area is 142 Å². The van der Waals surface area contributed by atoms with Crippen molar-refractivity contribution in [2.45, 2.75) is 31.7 Å². The molecule has 1 saturated heterocycles. The third kappa shape index (κ3) is 4.47. The van der Waals surface area contributed by atoms with E-state index in [0.29, 0.717) is 24.0 Å². The van der Waals surface area contributed by atoms with Gasteiger partial charge in [-0.15, -0.1) is 0 Å². The lowest BCUT2D eigenvalue weighted by molar-refractivity contribution is -0.126. The molecule has 0 radical (unpaired) electrons. The van der Waals surface area contributed by atoms with Gasteiger partial charge in [0.1, 0.15) is 5.75 Å². The molecule has 0 atom stereocenters. The SMILES string of the molecule is COc1ccccc1NC(=O)CN1CCC(C(=O)NC2CC2)CC1. The van der Waals surface area contributed by atoms with Crippen LogP contribution in [0, 0.1) is 5.92 Å². The van der Waals surface area contributed by atoms with E-state index in [1.54, 1.807) is 7.11 Å². The van der Waals surface area contributed by atoms with Gasteiger partial charge in [0.25, 0.3) is 0 Å². The summed E-state index contributed by atoms with van der Waals surface area (Å²) < 4.78 is 5.24. The van der Waals surface area contributed by atoms with Crippen molar-refractivity contribution in [3.8, 4) is 5.75 Å². The normalized spacial score (nSPS) is 18.9. The monoisotopic (exact) mass is 331 g/mol. The number of piperidine rings is 1. The van der Waals surface area contributed by atoms with Crippen molar-refractivity contribution in [3.05, 3.63) is 24.3 Å². The first-order chi connectivity index (χ1) is 11.7. The van der Waals surface area contributed by atoms with Crippen LogP contribution in [0.1, 0.15) is 25.7 Å². The minimum Gasteiger partial charge on any atom is -0.495 e. The summed E-state index contributed by atoms with van der Waals surface area (Å²) >= 11 is 0. The molecule has 1 aromatic rings. The molecule has 2 fully saturated rings. The minimum absolute atomic E-state index is 0.0552. The number of hydrogen-bond acceptors (Lipinski definition) is 4. The van der Waals surface area contributed by atoms with Crippen LogP contribution in [-0.4, -0.2) is 49.5 Å². The van der Waals surface area contributed by atoms with Gasteiger partial charge in [-0.25, -0.2) is 0 Å². The number of rotatable bonds is 6. The number of ether oxygens (including phenoxy) is 1. The van der Waals surface area contributed by atoms with Crippen molar-refractivity contribution in [2.75, 3.05) is 32.1 Å². The molecule has 2 N–H and O–H groups in total. The Morgan fingerprint density at radius 2 is 1.88 bits per heavy atom. The molecular formula is C18H25N3O3. The van der Waals surface area contributed by atoms with E-state index >= 15 is 0 Å². The van der Waals surface area contributed by atoms with Crippen LogP contribution in [0.5, 0.6) is 5.75 Å². The van der Waals surface area contributed by atoms with Crippen molar-refractivity contribution in [1.82, 2.24) is 10.2 Å². The Bertz CT molecular complexity index is 593. The quantitative estimate of drug-likeness (QED) is 0.831. The predicted molar refractivity (Wildman–Crippen MR) is 92.0 cm³/mol. The number of carbonyl (C=O) groups excluding carboxylic acids is 2. The van der Waals surface area contributed by atoms with E-state index in [1.807, 2.05) is 24.3 Å². The van der Waals surface area contributed by atoms with Crippen LogP contribution in [0.15, 0.2) is 24.3 Å². The summed E-state index contributed by atoms with van der Waals surface area (Å²) in [4.78, 5) is 26.4. The molecular weight excluding hydrogens is 306 g/mol. The molecule has 6 nitrogen and oxygen atoms in total. The second kappa shape index (κ2) is 7.66. The average Bonchev–Trinajstić information content (AvgIpc) is 3.40. The van der Waals surface area contributed by atoms with Gasteiger partial charge >= 0.3 is 0 Å². The zero-order chi connectivity index (χ0) is 16.9. The van der Waals surface area contributed by atoms with Gasteiger partial charge in [0.2, 0.25) is 11.8 Å². The molecule has 2 aliphatic rings.